The van der Waals surface area contributed by atoms with Gasteiger partial charge >= 0.3 is 12.0 Å². The largest absolute Gasteiger partial charge is 0.480 e. The Bertz CT molecular complexity index is 399. The monoisotopic (exact) mass is 297 g/mol. The first-order valence-corrected chi connectivity index (χ1v) is 7.85. The number of nitrogens with zero attached hydrogens (tertiary/aromatic N) is 2. The lowest BCUT2D eigenvalue weighted by Gasteiger charge is -2.36. The van der Waals surface area contributed by atoms with Crippen molar-refractivity contribution in [1.82, 2.24) is 15.1 Å². The topological polar surface area (TPSA) is 72.9 Å². The van der Waals surface area contributed by atoms with Gasteiger partial charge in [0.15, 0.2) is 0 Å². The first-order chi connectivity index (χ1) is 9.85. The molecule has 2 fully saturated rings. The second kappa shape index (κ2) is 6.22. The molecular weight excluding hydrogens is 270 g/mol. The number of amides is 2. The Kier molecular flexibility index (Phi) is 4.76. The van der Waals surface area contributed by atoms with Crippen LogP contribution in [0.1, 0.15) is 33.6 Å². The van der Waals surface area contributed by atoms with Crippen molar-refractivity contribution in [2.75, 3.05) is 32.7 Å². The first kappa shape index (κ1) is 16.1. The summed E-state index contributed by atoms with van der Waals surface area (Å²) in [4.78, 5) is 26.8. The molecule has 120 valence electrons. The molecule has 0 aromatic carbocycles. The summed E-state index contributed by atoms with van der Waals surface area (Å²) in [6.45, 7) is 9.31. The van der Waals surface area contributed by atoms with Crippen molar-refractivity contribution in [3.8, 4) is 0 Å². The first-order valence-electron chi connectivity index (χ1n) is 7.85. The van der Waals surface area contributed by atoms with Gasteiger partial charge < -0.3 is 15.3 Å². The van der Waals surface area contributed by atoms with E-state index >= 15 is 0 Å². The van der Waals surface area contributed by atoms with Gasteiger partial charge in [-0.1, -0.05) is 13.8 Å². The van der Waals surface area contributed by atoms with E-state index in [-0.39, 0.29) is 6.03 Å². The molecule has 1 saturated heterocycles. The number of aliphatic carboxylic acids is 1. The van der Waals surface area contributed by atoms with E-state index in [0.29, 0.717) is 37.5 Å². The van der Waals surface area contributed by atoms with Crippen LogP contribution in [0.2, 0.25) is 0 Å². The molecule has 1 unspecified atom stereocenters. The van der Waals surface area contributed by atoms with Crippen LogP contribution < -0.4 is 5.32 Å². The third kappa shape index (κ3) is 3.67. The number of urea groups is 1. The van der Waals surface area contributed by atoms with E-state index in [0.717, 1.165) is 6.54 Å². The summed E-state index contributed by atoms with van der Waals surface area (Å²) in [7, 11) is 0. The van der Waals surface area contributed by atoms with Crippen molar-refractivity contribution >= 4 is 12.0 Å². The van der Waals surface area contributed by atoms with Crippen LogP contribution in [0.5, 0.6) is 0 Å². The molecular formula is C15H27N3O3. The zero-order chi connectivity index (χ0) is 15.6. The van der Waals surface area contributed by atoms with Gasteiger partial charge in [-0.05, 0) is 31.1 Å². The van der Waals surface area contributed by atoms with E-state index in [4.69, 9.17) is 5.11 Å². The van der Waals surface area contributed by atoms with Gasteiger partial charge in [-0.25, -0.2) is 4.79 Å². The number of carbonyl (C=O) groups is 2. The Labute approximate surface area is 126 Å². The molecule has 6 heteroatoms. The Hall–Kier alpha value is -1.30. The van der Waals surface area contributed by atoms with Crippen molar-refractivity contribution in [3.63, 3.8) is 0 Å². The van der Waals surface area contributed by atoms with E-state index in [1.54, 1.807) is 11.8 Å². The SMILES string of the molecule is CC(C(=O)O)N1CCN(C(=O)NCC2(C(C)C)CC2)CC1. The number of carbonyl (C=O) groups excluding carboxylic acids is 1. The third-order valence-corrected chi connectivity index (χ3v) is 5.22. The fourth-order valence-corrected chi connectivity index (χ4v) is 2.95. The highest BCUT2D eigenvalue weighted by atomic mass is 16.4. The summed E-state index contributed by atoms with van der Waals surface area (Å²) in [6.07, 6.45) is 2.41. The molecule has 1 aliphatic carbocycles. The average Bonchev–Trinajstić information content (AvgIpc) is 3.25. The second-order valence-electron chi connectivity index (χ2n) is 6.71. The van der Waals surface area contributed by atoms with Crippen molar-refractivity contribution in [2.45, 2.75) is 39.7 Å². The lowest BCUT2D eigenvalue weighted by atomic mass is 9.92. The van der Waals surface area contributed by atoms with Crippen molar-refractivity contribution < 1.29 is 14.7 Å². The highest BCUT2D eigenvalue weighted by molar-refractivity contribution is 5.75. The average molecular weight is 297 g/mol. The maximum Gasteiger partial charge on any atom is 0.320 e. The van der Waals surface area contributed by atoms with E-state index in [9.17, 15) is 9.59 Å². The van der Waals surface area contributed by atoms with Gasteiger partial charge in [0.05, 0.1) is 0 Å². The number of rotatable bonds is 5. The second-order valence-corrected chi connectivity index (χ2v) is 6.71. The number of piperazine rings is 1. The third-order valence-electron chi connectivity index (χ3n) is 5.22. The molecule has 0 aromatic heterocycles. The van der Waals surface area contributed by atoms with Crippen molar-refractivity contribution in [3.05, 3.63) is 0 Å². The van der Waals surface area contributed by atoms with Crippen LogP contribution in [0.15, 0.2) is 0 Å². The molecule has 1 atom stereocenters. The molecule has 0 radical (unpaired) electrons. The Balaban J connectivity index is 1.75. The van der Waals surface area contributed by atoms with Crippen LogP contribution in [-0.4, -0.2) is 65.7 Å². The quantitative estimate of drug-likeness (QED) is 0.800. The summed E-state index contributed by atoms with van der Waals surface area (Å²) in [5, 5.41) is 12.1. The van der Waals surface area contributed by atoms with Gasteiger partial charge in [0.25, 0.3) is 0 Å². The molecule has 0 bridgehead atoms. The molecule has 0 aromatic rings. The predicted molar refractivity (Wildman–Crippen MR) is 80.1 cm³/mol. The summed E-state index contributed by atoms with van der Waals surface area (Å²) >= 11 is 0. The summed E-state index contributed by atoms with van der Waals surface area (Å²) in [5.74, 6) is -0.202. The minimum atomic E-state index is -0.805. The number of carboxylic acids is 1. The molecule has 0 spiro atoms. The maximum atomic E-state index is 12.2. The molecule has 2 amide bonds. The number of nitrogens with one attached hydrogen (secondary N) is 1. The van der Waals surface area contributed by atoms with Gasteiger partial charge in [-0.3, -0.25) is 9.69 Å². The van der Waals surface area contributed by atoms with E-state index < -0.39 is 12.0 Å². The van der Waals surface area contributed by atoms with Gasteiger partial charge in [-0.15, -0.1) is 0 Å². The fraction of sp³-hybridized carbons (Fsp3) is 0.867. The van der Waals surface area contributed by atoms with Crippen LogP contribution >= 0.6 is 0 Å². The van der Waals surface area contributed by atoms with E-state index in [1.165, 1.54) is 12.8 Å². The minimum absolute atomic E-state index is 0.00967. The standard InChI is InChI=1S/C15H27N3O3/c1-11(2)15(4-5-15)10-16-14(21)18-8-6-17(7-9-18)12(3)13(19)20/h11-12H,4-10H2,1-3H3,(H,16,21)(H,19,20). The molecule has 6 nitrogen and oxygen atoms in total. The molecule has 1 saturated carbocycles. The fourth-order valence-electron chi connectivity index (χ4n) is 2.95. The lowest BCUT2D eigenvalue weighted by molar-refractivity contribution is -0.143. The van der Waals surface area contributed by atoms with Crippen LogP contribution in [0.3, 0.4) is 0 Å². The lowest BCUT2D eigenvalue weighted by Crippen LogP contribution is -2.55. The molecule has 1 heterocycles. The zero-order valence-electron chi connectivity index (χ0n) is 13.3. The highest BCUT2D eigenvalue weighted by Gasteiger charge is 2.45. The summed E-state index contributed by atoms with van der Waals surface area (Å²) in [6, 6.07) is -0.490. The number of hydrogen-bond donors (Lipinski definition) is 2. The van der Waals surface area contributed by atoms with Gasteiger partial charge in [-0.2, -0.15) is 0 Å². The van der Waals surface area contributed by atoms with Crippen LogP contribution in [-0.2, 0) is 4.79 Å². The van der Waals surface area contributed by atoms with Crippen molar-refractivity contribution in [1.29, 1.82) is 0 Å². The van der Waals surface area contributed by atoms with E-state index in [2.05, 4.69) is 19.2 Å². The number of carboxylic acid groups (broad SMARTS) is 1. The van der Waals surface area contributed by atoms with Crippen LogP contribution in [0, 0.1) is 11.3 Å². The zero-order valence-corrected chi connectivity index (χ0v) is 13.3. The van der Waals surface area contributed by atoms with Gasteiger partial charge in [0.1, 0.15) is 6.04 Å². The maximum absolute atomic E-state index is 12.2. The van der Waals surface area contributed by atoms with E-state index in [1.807, 2.05) is 4.90 Å². The molecule has 2 N–H and O–H groups in total. The smallest absolute Gasteiger partial charge is 0.320 e. The predicted octanol–water partition coefficient (Wildman–Crippen LogP) is 1.22. The summed E-state index contributed by atoms with van der Waals surface area (Å²) in [5.41, 5.74) is 0.315. The Morgan fingerprint density at radius 3 is 2.14 bits per heavy atom. The Morgan fingerprint density at radius 2 is 1.71 bits per heavy atom. The molecule has 2 rings (SSSR count). The van der Waals surface area contributed by atoms with Gasteiger partial charge in [0.2, 0.25) is 0 Å². The normalized spacial score (nSPS) is 23.0. The Morgan fingerprint density at radius 1 is 1.14 bits per heavy atom. The molecule has 1 aliphatic heterocycles. The molecule has 2 aliphatic rings. The number of hydrogen-bond acceptors (Lipinski definition) is 3. The van der Waals surface area contributed by atoms with Crippen molar-refractivity contribution in [2.24, 2.45) is 11.3 Å². The van der Waals surface area contributed by atoms with Crippen LogP contribution in [0.25, 0.3) is 0 Å². The minimum Gasteiger partial charge on any atom is -0.480 e. The highest BCUT2D eigenvalue weighted by Crippen LogP contribution is 2.51. The molecule has 21 heavy (non-hydrogen) atoms. The van der Waals surface area contributed by atoms with Crippen LogP contribution in [0.4, 0.5) is 4.79 Å². The van der Waals surface area contributed by atoms with Gasteiger partial charge in [0, 0.05) is 32.7 Å². The summed E-state index contributed by atoms with van der Waals surface area (Å²) < 4.78 is 0.